The van der Waals surface area contributed by atoms with Crippen molar-refractivity contribution < 1.29 is 23.4 Å². The number of carbonyl (C=O) groups is 1. The van der Waals surface area contributed by atoms with Crippen LogP contribution in [0.4, 0.5) is 8.78 Å². The van der Waals surface area contributed by atoms with Crippen LogP contribution in [0.5, 0.6) is 5.75 Å². The van der Waals surface area contributed by atoms with Gasteiger partial charge in [-0.1, -0.05) is 12.1 Å². The molecule has 2 rings (SSSR count). The van der Waals surface area contributed by atoms with Crippen molar-refractivity contribution in [3.8, 4) is 5.75 Å². The smallest absolute Gasteiger partial charge is 0.307 e. The van der Waals surface area contributed by atoms with Gasteiger partial charge in [-0.15, -0.1) is 0 Å². The van der Waals surface area contributed by atoms with E-state index >= 15 is 0 Å². The molecule has 1 aliphatic carbocycles. The van der Waals surface area contributed by atoms with Gasteiger partial charge < -0.3 is 9.84 Å². The maximum Gasteiger partial charge on any atom is 0.307 e. The first-order chi connectivity index (χ1) is 8.08. The monoisotopic (exact) mass is 242 g/mol. The number of carboxylic acid groups (broad SMARTS) is 1. The molecular formula is C12H12F2O3. The molecule has 1 aromatic rings. The summed E-state index contributed by atoms with van der Waals surface area (Å²) in [6, 6.07) is 6.65. The van der Waals surface area contributed by atoms with Gasteiger partial charge in [0.05, 0.1) is 5.92 Å². The predicted octanol–water partition coefficient (Wildman–Crippen LogP) is 2.52. The van der Waals surface area contributed by atoms with Crippen molar-refractivity contribution in [2.75, 3.05) is 6.61 Å². The lowest BCUT2D eigenvalue weighted by atomic mass is 10.1. The van der Waals surface area contributed by atoms with Crippen LogP contribution < -0.4 is 4.74 Å². The number of aliphatic carboxylic acids is 1. The lowest BCUT2D eigenvalue weighted by Crippen LogP contribution is -2.06. The Bertz CT molecular complexity index is 403. The molecule has 0 aliphatic heterocycles. The van der Waals surface area contributed by atoms with Crippen molar-refractivity contribution in [2.24, 2.45) is 5.92 Å². The normalized spacial score (nSPS) is 22.5. The number of hydrogen-bond acceptors (Lipinski definition) is 2. The number of carboxylic acids is 1. The molecule has 1 aliphatic rings. The lowest BCUT2D eigenvalue weighted by Gasteiger charge is -2.06. The summed E-state index contributed by atoms with van der Waals surface area (Å²) < 4.78 is 28.6. The zero-order valence-electron chi connectivity index (χ0n) is 8.98. The fourth-order valence-corrected chi connectivity index (χ4v) is 1.81. The molecule has 1 N–H and O–H groups in total. The quantitative estimate of drug-likeness (QED) is 0.863. The third-order valence-electron chi connectivity index (χ3n) is 2.79. The minimum atomic E-state index is -2.49. The molecule has 0 aromatic heterocycles. The molecule has 1 saturated carbocycles. The SMILES string of the molecule is O=C(O)[C@@H]1C[C@H]1c1ccc(OCC(F)F)cc1. The maximum absolute atomic E-state index is 11.9. The van der Waals surface area contributed by atoms with Crippen LogP contribution in [0.15, 0.2) is 24.3 Å². The Morgan fingerprint density at radius 2 is 2.06 bits per heavy atom. The topological polar surface area (TPSA) is 46.5 Å². The number of benzene rings is 1. The van der Waals surface area contributed by atoms with Gasteiger partial charge in [-0.05, 0) is 30.0 Å². The summed E-state index contributed by atoms with van der Waals surface area (Å²) in [6.07, 6.45) is -1.85. The molecule has 0 spiro atoms. The van der Waals surface area contributed by atoms with Gasteiger partial charge in [0.1, 0.15) is 12.4 Å². The average molecular weight is 242 g/mol. The fraction of sp³-hybridized carbons (Fsp3) is 0.417. The maximum atomic E-state index is 11.9. The molecule has 0 amide bonds. The van der Waals surface area contributed by atoms with Crippen molar-refractivity contribution in [3.05, 3.63) is 29.8 Å². The zero-order valence-corrected chi connectivity index (χ0v) is 8.98. The Morgan fingerprint density at radius 3 is 2.53 bits per heavy atom. The highest BCUT2D eigenvalue weighted by molar-refractivity contribution is 5.75. The van der Waals surface area contributed by atoms with E-state index in [0.717, 1.165) is 5.56 Å². The minimum absolute atomic E-state index is 0.0525. The molecule has 3 nitrogen and oxygen atoms in total. The molecule has 2 atom stereocenters. The van der Waals surface area contributed by atoms with E-state index in [1.165, 1.54) is 0 Å². The minimum Gasteiger partial charge on any atom is -0.488 e. The second-order valence-electron chi connectivity index (χ2n) is 4.06. The molecule has 1 aromatic carbocycles. The summed E-state index contributed by atoms with van der Waals surface area (Å²) in [5.41, 5.74) is 0.918. The molecule has 0 saturated heterocycles. The van der Waals surface area contributed by atoms with Crippen LogP contribution in [0.3, 0.4) is 0 Å². The van der Waals surface area contributed by atoms with E-state index in [0.29, 0.717) is 12.2 Å². The van der Waals surface area contributed by atoms with Gasteiger partial charge in [0, 0.05) is 0 Å². The van der Waals surface area contributed by atoms with Crippen LogP contribution in [0.25, 0.3) is 0 Å². The van der Waals surface area contributed by atoms with Gasteiger partial charge in [0.2, 0.25) is 0 Å². The highest BCUT2D eigenvalue weighted by Gasteiger charge is 2.43. The van der Waals surface area contributed by atoms with Gasteiger partial charge in [0.25, 0.3) is 6.43 Å². The first-order valence-electron chi connectivity index (χ1n) is 5.31. The summed E-state index contributed by atoms with van der Waals surface area (Å²) in [5.74, 6) is -0.658. The summed E-state index contributed by atoms with van der Waals surface area (Å²) >= 11 is 0. The fourth-order valence-electron chi connectivity index (χ4n) is 1.81. The summed E-state index contributed by atoms with van der Waals surface area (Å²) in [6.45, 7) is -0.624. The van der Waals surface area contributed by atoms with Crippen LogP contribution in [0.1, 0.15) is 17.9 Å². The number of alkyl halides is 2. The summed E-state index contributed by atoms with van der Waals surface area (Å²) in [7, 11) is 0. The number of rotatable bonds is 5. The van der Waals surface area contributed by atoms with E-state index in [1.54, 1.807) is 24.3 Å². The highest BCUT2D eigenvalue weighted by atomic mass is 19.3. The number of halogens is 2. The number of hydrogen-bond donors (Lipinski definition) is 1. The third kappa shape index (κ3) is 2.93. The summed E-state index contributed by atoms with van der Waals surface area (Å²) in [5, 5.41) is 8.78. The average Bonchev–Trinajstić information content (AvgIpc) is 3.07. The van der Waals surface area contributed by atoms with Crippen LogP contribution in [-0.2, 0) is 4.79 Å². The Balaban J connectivity index is 1.93. The van der Waals surface area contributed by atoms with Gasteiger partial charge in [-0.25, -0.2) is 8.78 Å². The van der Waals surface area contributed by atoms with Crippen LogP contribution in [0.2, 0.25) is 0 Å². The Labute approximate surface area is 97.0 Å². The molecule has 0 heterocycles. The first-order valence-corrected chi connectivity index (χ1v) is 5.31. The molecule has 0 bridgehead atoms. The summed E-state index contributed by atoms with van der Waals surface area (Å²) in [4.78, 5) is 10.7. The van der Waals surface area contributed by atoms with Crippen molar-refractivity contribution in [3.63, 3.8) is 0 Å². The van der Waals surface area contributed by atoms with Gasteiger partial charge in [0.15, 0.2) is 0 Å². The van der Waals surface area contributed by atoms with E-state index < -0.39 is 19.0 Å². The van der Waals surface area contributed by atoms with E-state index in [4.69, 9.17) is 9.84 Å². The van der Waals surface area contributed by atoms with Gasteiger partial charge in [-0.3, -0.25) is 4.79 Å². The van der Waals surface area contributed by atoms with Gasteiger partial charge >= 0.3 is 5.97 Å². The number of ether oxygens (including phenoxy) is 1. The zero-order chi connectivity index (χ0) is 12.4. The van der Waals surface area contributed by atoms with Crippen molar-refractivity contribution in [2.45, 2.75) is 18.8 Å². The van der Waals surface area contributed by atoms with E-state index in [-0.39, 0.29) is 11.8 Å². The molecular weight excluding hydrogens is 230 g/mol. The molecule has 1 fully saturated rings. The molecule has 0 unspecified atom stereocenters. The molecule has 0 radical (unpaired) electrons. The molecule has 92 valence electrons. The lowest BCUT2D eigenvalue weighted by molar-refractivity contribution is -0.138. The second-order valence-corrected chi connectivity index (χ2v) is 4.06. The van der Waals surface area contributed by atoms with Crippen LogP contribution in [0, 0.1) is 5.92 Å². The highest BCUT2D eigenvalue weighted by Crippen LogP contribution is 2.47. The molecule has 17 heavy (non-hydrogen) atoms. The van der Waals surface area contributed by atoms with Crippen molar-refractivity contribution >= 4 is 5.97 Å². The van der Waals surface area contributed by atoms with Crippen LogP contribution in [-0.4, -0.2) is 24.1 Å². The largest absolute Gasteiger partial charge is 0.488 e. The first kappa shape index (κ1) is 11.8. The van der Waals surface area contributed by atoms with Crippen molar-refractivity contribution in [1.82, 2.24) is 0 Å². The van der Waals surface area contributed by atoms with E-state index in [2.05, 4.69) is 0 Å². The van der Waals surface area contributed by atoms with E-state index in [1.807, 2.05) is 0 Å². The van der Waals surface area contributed by atoms with E-state index in [9.17, 15) is 13.6 Å². The van der Waals surface area contributed by atoms with Crippen molar-refractivity contribution in [1.29, 1.82) is 0 Å². The van der Waals surface area contributed by atoms with Crippen LogP contribution >= 0.6 is 0 Å². The Kier molecular flexibility index (Phi) is 3.26. The molecule has 5 heteroatoms. The standard InChI is InChI=1S/C12H12F2O3/c13-11(14)6-17-8-3-1-7(2-4-8)9-5-10(9)12(15)16/h1-4,9-11H,5-6H2,(H,15,16)/t9-,10+/m0/s1. The van der Waals surface area contributed by atoms with Gasteiger partial charge in [-0.2, -0.15) is 0 Å². The third-order valence-corrected chi connectivity index (χ3v) is 2.79. The predicted molar refractivity (Wildman–Crippen MR) is 56.4 cm³/mol. The second kappa shape index (κ2) is 4.69. The Hall–Kier alpha value is -1.65. The Morgan fingerprint density at radius 1 is 1.41 bits per heavy atom.